The smallest absolute Gasteiger partial charge is 0.0970 e. The highest BCUT2D eigenvalue weighted by Crippen LogP contribution is 2.46. The van der Waals surface area contributed by atoms with Crippen molar-refractivity contribution >= 4 is 92.6 Å². The number of aromatic nitrogens is 3. The van der Waals surface area contributed by atoms with Crippen molar-refractivity contribution in [1.29, 1.82) is 0 Å². The summed E-state index contributed by atoms with van der Waals surface area (Å²) in [5, 5.41) is 15.9. The first kappa shape index (κ1) is 34.1. The first-order chi connectivity index (χ1) is 30.2. The molecule has 284 valence electrons. The molecule has 3 heteroatoms. The molecule has 0 saturated carbocycles. The maximum Gasteiger partial charge on any atom is 0.0970 e. The number of benzene rings is 9. The van der Waals surface area contributed by atoms with Crippen molar-refractivity contribution < 1.29 is 0 Å². The number of nitrogens with zero attached hydrogens (tertiary/aromatic N) is 3. The molecule has 1 aliphatic rings. The van der Waals surface area contributed by atoms with Crippen LogP contribution in [-0.2, 0) is 0 Å². The minimum absolute atomic E-state index is 0.379. The number of fused-ring (bicyclic) bond motifs is 17. The molecule has 0 spiro atoms. The monoisotopic (exact) mass is 775 g/mol. The average Bonchev–Trinajstić information content (AvgIpc) is 3.33. The fourth-order valence-corrected chi connectivity index (χ4v) is 10.5. The standard InChI is InChI=1S/C58H37N3/c1-34-11-8-21-46-43-17-4-5-18-47(43)54-48-19-6-7-20-49(48)55(61-58(54)53(34)46)39-13-9-12-36(31-39)37-23-25-44-45-26-24-38(33-52(45)42-16-3-2-15-41(42)51(44)32-37)40-28-30-60-57-50(40)27-22-35-14-10-29-59-56(35)57/h2-10,12-34H,11H2,1H3. The van der Waals surface area contributed by atoms with E-state index in [2.05, 4.69) is 177 Å². The van der Waals surface area contributed by atoms with Gasteiger partial charge in [0.2, 0.25) is 0 Å². The van der Waals surface area contributed by atoms with Crippen molar-refractivity contribution in [2.24, 2.45) is 0 Å². The van der Waals surface area contributed by atoms with Crippen molar-refractivity contribution in [1.82, 2.24) is 15.0 Å². The van der Waals surface area contributed by atoms with Crippen molar-refractivity contribution in [2.75, 3.05) is 0 Å². The molecule has 0 saturated heterocycles. The number of hydrogen-bond acceptors (Lipinski definition) is 3. The Balaban J connectivity index is 0.980. The van der Waals surface area contributed by atoms with E-state index in [1.165, 1.54) is 87.1 Å². The van der Waals surface area contributed by atoms with E-state index in [1.807, 2.05) is 18.5 Å². The molecular weight excluding hydrogens is 739 g/mol. The number of allylic oxidation sites excluding steroid dienone is 1. The Morgan fingerprint density at radius 3 is 1.85 bits per heavy atom. The molecule has 9 aromatic carbocycles. The quantitative estimate of drug-likeness (QED) is 0.168. The van der Waals surface area contributed by atoms with Crippen LogP contribution in [0.3, 0.4) is 0 Å². The Hall–Kier alpha value is -7.75. The van der Waals surface area contributed by atoms with Gasteiger partial charge in [-0.05, 0) is 125 Å². The third-order valence-corrected chi connectivity index (χ3v) is 13.3. The third-order valence-electron chi connectivity index (χ3n) is 13.3. The van der Waals surface area contributed by atoms with E-state index in [9.17, 15) is 0 Å². The molecule has 13 rings (SSSR count). The molecular formula is C58H37N3. The number of hydrogen-bond donors (Lipinski definition) is 0. The molecule has 0 aliphatic heterocycles. The second-order valence-electron chi connectivity index (χ2n) is 16.7. The van der Waals surface area contributed by atoms with Crippen LogP contribution >= 0.6 is 0 Å². The average molecular weight is 776 g/mol. The van der Waals surface area contributed by atoms with Crippen LogP contribution < -0.4 is 0 Å². The number of rotatable bonds is 3. The summed E-state index contributed by atoms with van der Waals surface area (Å²) in [4.78, 5) is 15.2. The Labute approximate surface area is 352 Å². The van der Waals surface area contributed by atoms with Crippen molar-refractivity contribution in [3.8, 4) is 33.5 Å². The Morgan fingerprint density at radius 1 is 0.426 bits per heavy atom. The lowest BCUT2D eigenvalue weighted by Crippen LogP contribution is -2.05. The Bertz CT molecular complexity index is 3860. The first-order valence-corrected chi connectivity index (χ1v) is 21.2. The van der Waals surface area contributed by atoms with Gasteiger partial charge in [0, 0.05) is 39.5 Å². The van der Waals surface area contributed by atoms with Crippen LogP contribution in [0, 0.1) is 0 Å². The Morgan fingerprint density at radius 2 is 1.05 bits per heavy atom. The molecule has 3 nitrogen and oxygen atoms in total. The van der Waals surface area contributed by atoms with Gasteiger partial charge in [0.05, 0.1) is 22.2 Å². The summed E-state index contributed by atoms with van der Waals surface area (Å²) in [6, 6.07) is 60.1. The van der Waals surface area contributed by atoms with E-state index < -0.39 is 0 Å². The minimum Gasteiger partial charge on any atom is -0.254 e. The first-order valence-electron chi connectivity index (χ1n) is 21.2. The van der Waals surface area contributed by atoms with Crippen molar-refractivity contribution in [3.05, 3.63) is 193 Å². The molecule has 3 heterocycles. The maximum absolute atomic E-state index is 5.67. The molecule has 1 aliphatic carbocycles. The lowest BCUT2D eigenvalue weighted by molar-refractivity contribution is 0.779. The molecule has 0 bridgehead atoms. The van der Waals surface area contributed by atoms with E-state index in [4.69, 9.17) is 15.0 Å². The predicted octanol–water partition coefficient (Wildman–Crippen LogP) is 15.6. The van der Waals surface area contributed by atoms with Gasteiger partial charge in [-0.2, -0.15) is 0 Å². The summed E-state index contributed by atoms with van der Waals surface area (Å²) in [5.74, 6) is 0.379. The zero-order chi connectivity index (χ0) is 40.2. The van der Waals surface area contributed by atoms with Crippen molar-refractivity contribution in [2.45, 2.75) is 19.3 Å². The number of pyridine rings is 3. The molecule has 0 radical (unpaired) electrons. The van der Waals surface area contributed by atoms with E-state index >= 15 is 0 Å². The fraction of sp³-hybridized carbons (Fsp3) is 0.0517. The van der Waals surface area contributed by atoms with E-state index in [0.29, 0.717) is 5.92 Å². The highest BCUT2D eigenvalue weighted by molar-refractivity contribution is 6.27. The minimum atomic E-state index is 0.379. The Kier molecular flexibility index (Phi) is 7.35. The zero-order valence-electron chi connectivity index (χ0n) is 33.5. The van der Waals surface area contributed by atoms with E-state index in [-0.39, 0.29) is 0 Å². The van der Waals surface area contributed by atoms with Crippen LogP contribution in [0.25, 0.3) is 126 Å². The molecule has 1 atom stereocenters. The van der Waals surface area contributed by atoms with Gasteiger partial charge < -0.3 is 0 Å². The van der Waals surface area contributed by atoms with E-state index in [0.717, 1.165) is 50.6 Å². The van der Waals surface area contributed by atoms with Crippen LogP contribution in [0.1, 0.15) is 30.4 Å². The van der Waals surface area contributed by atoms with Crippen LogP contribution in [0.5, 0.6) is 0 Å². The second kappa shape index (κ2) is 13.1. The van der Waals surface area contributed by atoms with Crippen LogP contribution in [-0.4, -0.2) is 15.0 Å². The highest BCUT2D eigenvalue weighted by Gasteiger charge is 2.24. The molecule has 3 aromatic heterocycles. The lowest BCUT2D eigenvalue weighted by atomic mass is 9.82. The van der Waals surface area contributed by atoms with Crippen LogP contribution in [0.15, 0.2) is 182 Å². The normalized spacial score (nSPS) is 14.0. The topological polar surface area (TPSA) is 38.7 Å². The summed E-state index contributed by atoms with van der Waals surface area (Å²) in [6.45, 7) is 2.35. The summed E-state index contributed by atoms with van der Waals surface area (Å²) in [7, 11) is 0. The lowest BCUT2D eigenvalue weighted by Gasteiger charge is -2.24. The van der Waals surface area contributed by atoms with E-state index in [1.54, 1.807) is 0 Å². The predicted molar refractivity (Wildman–Crippen MR) is 258 cm³/mol. The molecule has 12 aromatic rings. The van der Waals surface area contributed by atoms with Gasteiger partial charge >= 0.3 is 0 Å². The molecule has 0 fully saturated rings. The fourth-order valence-electron chi connectivity index (χ4n) is 10.5. The molecule has 0 N–H and O–H groups in total. The highest BCUT2D eigenvalue weighted by atomic mass is 14.7. The largest absolute Gasteiger partial charge is 0.254 e. The molecule has 61 heavy (non-hydrogen) atoms. The molecule has 0 amide bonds. The summed E-state index contributed by atoms with van der Waals surface area (Å²) >= 11 is 0. The van der Waals surface area contributed by atoms with Gasteiger partial charge in [0.1, 0.15) is 0 Å². The van der Waals surface area contributed by atoms with Gasteiger partial charge in [0.15, 0.2) is 0 Å². The molecule has 1 unspecified atom stereocenters. The summed E-state index contributed by atoms with van der Waals surface area (Å²) < 4.78 is 0. The van der Waals surface area contributed by atoms with Gasteiger partial charge in [-0.25, -0.2) is 4.98 Å². The van der Waals surface area contributed by atoms with Gasteiger partial charge in [-0.15, -0.1) is 0 Å². The van der Waals surface area contributed by atoms with Gasteiger partial charge in [-0.3, -0.25) is 9.97 Å². The van der Waals surface area contributed by atoms with Gasteiger partial charge in [0.25, 0.3) is 0 Å². The second-order valence-corrected chi connectivity index (χ2v) is 16.7. The van der Waals surface area contributed by atoms with Crippen molar-refractivity contribution in [3.63, 3.8) is 0 Å². The zero-order valence-corrected chi connectivity index (χ0v) is 33.5. The van der Waals surface area contributed by atoms with Crippen LogP contribution in [0.4, 0.5) is 0 Å². The summed E-state index contributed by atoms with van der Waals surface area (Å²) in [5.41, 5.74) is 12.5. The summed E-state index contributed by atoms with van der Waals surface area (Å²) in [6.07, 6.45) is 9.43. The van der Waals surface area contributed by atoms with Gasteiger partial charge in [-0.1, -0.05) is 153 Å². The van der Waals surface area contributed by atoms with Crippen LogP contribution in [0.2, 0.25) is 0 Å². The maximum atomic E-state index is 5.67. The SMILES string of the molecule is CC1CC=Cc2c1c1nc(-c3cccc(-c4ccc5c6ccc(-c7ccnc8c7ccc7cccnc78)cc6c6ccccc6c5c4)c3)c3ccccc3c1c1ccccc21. The third kappa shape index (κ3) is 5.07.